The quantitative estimate of drug-likeness (QED) is 0.310. The molecule has 1 heterocycles. The van der Waals surface area contributed by atoms with Gasteiger partial charge < -0.3 is 19.7 Å². The Hall–Kier alpha value is -1.80. The van der Waals surface area contributed by atoms with Crippen LogP contribution in [0.1, 0.15) is 30.4 Å². The summed E-state index contributed by atoms with van der Waals surface area (Å²) in [5, 5.41) is 3.51. The van der Waals surface area contributed by atoms with Crippen LogP contribution in [-0.2, 0) is 17.9 Å². The summed E-state index contributed by atoms with van der Waals surface area (Å²) in [4.78, 5) is 6.69. The average molecular weight is 523 g/mol. The minimum absolute atomic E-state index is 0. The summed E-state index contributed by atoms with van der Waals surface area (Å²) in [6, 6.07) is 18.3. The van der Waals surface area contributed by atoms with E-state index in [4.69, 9.17) is 9.47 Å². The SMILES string of the molecule is CN=C(NCc1ccccc1COc1ccccc1)N(C)CCC1CCOCC1.I. The summed E-state index contributed by atoms with van der Waals surface area (Å²) in [7, 11) is 3.96. The predicted octanol–water partition coefficient (Wildman–Crippen LogP) is 4.71. The zero-order valence-corrected chi connectivity index (χ0v) is 20.4. The lowest BCUT2D eigenvalue weighted by Crippen LogP contribution is -2.39. The maximum atomic E-state index is 5.94. The molecule has 1 aliphatic rings. The minimum atomic E-state index is 0. The molecule has 0 unspecified atom stereocenters. The molecular formula is C24H34IN3O2. The first-order valence-corrected chi connectivity index (χ1v) is 10.5. The topological polar surface area (TPSA) is 46.1 Å². The van der Waals surface area contributed by atoms with E-state index in [2.05, 4.69) is 46.5 Å². The normalized spacial score (nSPS) is 14.7. The molecule has 0 spiro atoms. The number of nitrogens with one attached hydrogen (secondary N) is 1. The summed E-state index contributed by atoms with van der Waals surface area (Å²) >= 11 is 0. The van der Waals surface area contributed by atoms with Crippen LogP contribution in [0.4, 0.5) is 0 Å². The van der Waals surface area contributed by atoms with Crippen LogP contribution in [0.5, 0.6) is 5.75 Å². The molecule has 0 aromatic heterocycles. The van der Waals surface area contributed by atoms with Crippen molar-refractivity contribution >= 4 is 29.9 Å². The van der Waals surface area contributed by atoms with Gasteiger partial charge in [0.1, 0.15) is 12.4 Å². The Kier molecular flexibility index (Phi) is 11.0. The first kappa shape index (κ1) is 24.5. The van der Waals surface area contributed by atoms with E-state index >= 15 is 0 Å². The van der Waals surface area contributed by atoms with Crippen molar-refractivity contribution in [3.63, 3.8) is 0 Å². The summed E-state index contributed by atoms with van der Waals surface area (Å²) in [6.07, 6.45) is 3.53. The number of nitrogens with zero attached hydrogens (tertiary/aromatic N) is 2. The van der Waals surface area contributed by atoms with Gasteiger partial charge in [0.2, 0.25) is 0 Å². The smallest absolute Gasteiger partial charge is 0.193 e. The summed E-state index contributed by atoms with van der Waals surface area (Å²) in [5.74, 6) is 2.58. The lowest BCUT2D eigenvalue weighted by atomic mass is 9.96. The Labute approximate surface area is 197 Å². The van der Waals surface area contributed by atoms with Crippen molar-refractivity contribution in [2.75, 3.05) is 33.9 Å². The number of benzene rings is 2. The van der Waals surface area contributed by atoms with E-state index in [1.165, 1.54) is 30.4 Å². The number of para-hydroxylation sites is 1. The molecule has 6 heteroatoms. The van der Waals surface area contributed by atoms with E-state index < -0.39 is 0 Å². The first-order chi connectivity index (χ1) is 14.3. The second-order valence-corrected chi connectivity index (χ2v) is 7.54. The van der Waals surface area contributed by atoms with Gasteiger partial charge in [0.15, 0.2) is 5.96 Å². The highest BCUT2D eigenvalue weighted by molar-refractivity contribution is 14.0. The monoisotopic (exact) mass is 523 g/mol. The largest absolute Gasteiger partial charge is 0.489 e. The lowest BCUT2D eigenvalue weighted by molar-refractivity contribution is 0.0625. The first-order valence-electron chi connectivity index (χ1n) is 10.5. The van der Waals surface area contributed by atoms with Crippen molar-refractivity contribution in [1.82, 2.24) is 10.2 Å². The molecule has 2 aromatic carbocycles. The molecule has 0 radical (unpaired) electrons. The molecule has 0 bridgehead atoms. The molecule has 1 fully saturated rings. The Morgan fingerprint density at radius 3 is 2.43 bits per heavy atom. The molecular weight excluding hydrogens is 489 g/mol. The Bertz CT molecular complexity index is 764. The van der Waals surface area contributed by atoms with Gasteiger partial charge in [-0.15, -0.1) is 24.0 Å². The Balaban J connectivity index is 0.00000320. The number of hydrogen-bond acceptors (Lipinski definition) is 3. The predicted molar refractivity (Wildman–Crippen MR) is 134 cm³/mol. The van der Waals surface area contributed by atoms with Crippen LogP contribution >= 0.6 is 24.0 Å². The number of ether oxygens (including phenoxy) is 2. The van der Waals surface area contributed by atoms with Crippen LogP contribution in [0.15, 0.2) is 59.6 Å². The lowest BCUT2D eigenvalue weighted by Gasteiger charge is -2.27. The van der Waals surface area contributed by atoms with E-state index in [1.54, 1.807) is 0 Å². The molecule has 0 aliphatic carbocycles. The summed E-state index contributed by atoms with van der Waals surface area (Å²) < 4.78 is 11.4. The van der Waals surface area contributed by atoms with Gasteiger partial charge in [0, 0.05) is 40.4 Å². The van der Waals surface area contributed by atoms with Crippen LogP contribution in [0, 0.1) is 5.92 Å². The zero-order chi connectivity index (χ0) is 20.3. The van der Waals surface area contributed by atoms with Gasteiger partial charge in [0.05, 0.1) is 0 Å². The Morgan fingerprint density at radius 1 is 1.07 bits per heavy atom. The van der Waals surface area contributed by atoms with Gasteiger partial charge in [-0.25, -0.2) is 0 Å². The van der Waals surface area contributed by atoms with Crippen LogP contribution < -0.4 is 10.1 Å². The highest BCUT2D eigenvalue weighted by Gasteiger charge is 2.15. The highest BCUT2D eigenvalue weighted by atomic mass is 127. The molecule has 1 aliphatic heterocycles. The number of aliphatic imine (C=N–C) groups is 1. The molecule has 5 nitrogen and oxygen atoms in total. The highest BCUT2D eigenvalue weighted by Crippen LogP contribution is 2.19. The third-order valence-electron chi connectivity index (χ3n) is 5.48. The van der Waals surface area contributed by atoms with Crippen LogP contribution in [0.3, 0.4) is 0 Å². The van der Waals surface area contributed by atoms with Gasteiger partial charge in [-0.05, 0) is 48.4 Å². The fraction of sp³-hybridized carbons (Fsp3) is 0.458. The molecule has 0 atom stereocenters. The minimum Gasteiger partial charge on any atom is -0.489 e. The molecule has 164 valence electrons. The molecule has 1 N–H and O–H groups in total. The second-order valence-electron chi connectivity index (χ2n) is 7.54. The van der Waals surface area contributed by atoms with E-state index in [9.17, 15) is 0 Å². The van der Waals surface area contributed by atoms with E-state index in [-0.39, 0.29) is 24.0 Å². The van der Waals surface area contributed by atoms with Crippen LogP contribution in [0.25, 0.3) is 0 Å². The van der Waals surface area contributed by atoms with Crippen molar-refractivity contribution < 1.29 is 9.47 Å². The van der Waals surface area contributed by atoms with Gasteiger partial charge >= 0.3 is 0 Å². The Morgan fingerprint density at radius 2 is 1.73 bits per heavy atom. The summed E-state index contributed by atoms with van der Waals surface area (Å²) in [5.41, 5.74) is 2.41. The second kappa shape index (κ2) is 13.5. The van der Waals surface area contributed by atoms with Crippen molar-refractivity contribution in [3.05, 3.63) is 65.7 Å². The third kappa shape index (κ3) is 7.80. The van der Waals surface area contributed by atoms with Gasteiger partial charge in [-0.1, -0.05) is 42.5 Å². The van der Waals surface area contributed by atoms with Gasteiger partial charge in [-0.2, -0.15) is 0 Å². The zero-order valence-electron chi connectivity index (χ0n) is 18.0. The van der Waals surface area contributed by atoms with E-state index in [0.717, 1.165) is 43.9 Å². The van der Waals surface area contributed by atoms with Crippen molar-refractivity contribution in [2.45, 2.75) is 32.4 Å². The molecule has 1 saturated heterocycles. The molecule has 30 heavy (non-hydrogen) atoms. The van der Waals surface area contributed by atoms with Crippen LogP contribution in [0.2, 0.25) is 0 Å². The molecule has 0 saturated carbocycles. The molecule has 0 amide bonds. The van der Waals surface area contributed by atoms with Gasteiger partial charge in [-0.3, -0.25) is 4.99 Å². The fourth-order valence-electron chi connectivity index (χ4n) is 3.62. The maximum Gasteiger partial charge on any atom is 0.193 e. The van der Waals surface area contributed by atoms with Crippen molar-refractivity contribution in [2.24, 2.45) is 10.9 Å². The maximum absolute atomic E-state index is 5.94. The van der Waals surface area contributed by atoms with Crippen molar-refractivity contribution in [3.8, 4) is 5.75 Å². The number of hydrogen-bond donors (Lipinski definition) is 1. The van der Waals surface area contributed by atoms with Crippen LogP contribution in [-0.4, -0.2) is 44.7 Å². The third-order valence-corrected chi connectivity index (χ3v) is 5.48. The molecule has 2 aromatic rings. The number of guanidine groups is 1. The standard InChI is InChI=1S/C24H33N3O2.HI/c1-25-24(27(2)15-12-20-13-16-28-17-14-20)26-18-21-8-6-7-9-22(21)19-29-23-10-4-3-5-11-23;/h3-11,20H,12-19H2,1-2H3,(H,25,26);1H. The number of halogens is 1. The molecule has 3 rings (SSSR count). The van der Waals surface area contributed by atoms with E-state index in [0.29, 0.717) is 6.61 Å². The number of rotatable bonds is 8. The fourth-order valence-corrected chi connectivity index (χ4v) is 3.62. The van der Waals surface area contributed by atoms with E-state index in [1.807, 2.05) is 37.4 Å². The average Bonchev–Trinajstić information content (AvgIpc) is 2.78. The van der Waals surface area contributed by atoms with Gasteiger partial charge in [0.25, 0.3) is 0 Å². The van der Waals surface area contributed by atoms with Crippen molar-refractivity contribution in [1.29, 1.82) is 0 Å². The summed E-state index contributed by atoms with van der Waals surface area (Å²) in [6.45, 7) is 4.10.